The molecule has 1 aromatic rings. The average Bonchev–Trinajstić information content (AvgIpc) is 2.89. The van der Waals surface area contributed by atoms with Crippen molar-refractivity contribution in [2.75, 3.05) is 60.6 Å². The first kappa shape index (κ1) is 19.6. The molecule has 2 aliphatic heterocycles. The van der Waals surface area contributed by atoms with Gasteiger partial charge in [-0.2, -0.15) is 0 Å². The van der Waals surface area contributed by atoms with Crippen LogP contribution in [-0.4, -0.2) is 93.2 Å². The highest BCUT2D eigenvalue weighted by molar-refractivity contribution is 5.88. The van der Waals surface area contributed by atoms with E-state index in [0.717, 1.165) is 25.1 Å². The molecule has 3 rings (SSSR count). The Balaban J connectivity index is 1.73. The molecule has 0 saturated carbocycles. The molecule has 148 valence electrons. The van der Waals surface area contributed by atoms with Crippen molar-refractivity contribution in [2.45, 2.75) is 18.9 Å². The predicted octanol–water partition coefficient (Wildman–Crippen LogP) is 0.411. The second kappa shape index (κ2) is 8.71. The Morgan fingerprint density at radius 3 is 2.52 bits per heavy atom. The SMILES string of the molecule is COCC(=O)N1CCN(C)C[C@H]1C(=O)N1CCc2ccc(OC)cc2CC1. The zero-order valence-corrected chi connectivity index (χ0v) is 16.4. The smallest absolute Gasteiger partial charge is 0.249 e. The minimum Gasteiger partial charge on any atom is -0.497 e. The quantitative estimate of drug-likeness (QED) is 0.763. The van der Waals surface area contributed by atoms with Crippen LogP contribution in [0.2, 0.25) is 0 Å². The summed E-state index contributed by atoms with van der Waals surface area (Å²) >= 11 is 0. The third-order valence-corrected chi connectivity index (χ3v) is 5.48. The first-order valence-corrected chi connectivity index (χ1v) is 9.45. The number of ether oxygens (including phenoxy) is 2. The Morgan fingerprint density at radius 1 is 1.07 bits per heavy atom. The van der Waals surface area contributed by atoms with Gasteiger partial charge in [0.1, 0.15) is 18.4 Å². The molecule has 1 aromatic carbocycles. The van der Waals surface area contributed by atoms with Crippen LogP contribution >= 0.6 is 0 Å². The van der Waals surface area contributed by atoms with E-state index in [9.17, 15) is 9.59 Å². The van der Waals surface area contributed by atoms with Crippen LogP contribution in [-0.2, 0) is 27.2 Å². The van der Waals surface area contributed by atoms with E-state index in [2.05, 4.69) is 17.0 Å². The van der Waals surface area contributed by atoms with Crippen molar-refractivity contribution in [2.24, 2.45) is 0 Å². The Bertz CT molecular complexity index is 694. The van der Waals surface area contributed by atoms with Crippen LogP contribution in [0.15, 0.2) is 18.2 Å². The molecule has 0 N–H and O–H groups in total. The number of methoxy groups -OCH3 is 2. The van der Waals surface area contributed by atoms with E-state index in [4.69, 9.17) is 9.47 Å². The summed E-state index contributed by atoms with van der Waals surface area (Å²) in [6.07, 6.45) is 1.62. The van der Waals surface area contributed by atoms with E-state index in [1.165, 1.54) is 18.2 Å². The highest BCUT2D eigenvalue weighted by atomic mass is 16.5. The van der Waals surface area contributed by atoms with Crippen LogP contribution in [0.5, 0.6) is 5.75 Å². The second-order valence-electron chi connectivity index (χ2n) is 7.26. The molecule has 1 saturated heterocycles. The number of benzene rings is 1. The molecule has 0 aromatic heterocycles. The largest absolute Gasteiger partial charge is 0.497 e. The molecule has 7 heteroatoms. The molecule has 0 radical (unpaired) electrons. The van der Waals surface area contributed by atoms with Crippen LogP contribution in [0.3, 0.4) is 0 Å². The fraction of sp³-hybridized carbons (Fsp3) is 0.600. The van der Waals surface area contributed by atoms with Gasteiger partial charge in [-0.1, -0.05) is 6.07 Å². The van der Waals surface area contributed by atoms with Gasteiger partial charge in [0, 0.05) is 39.8 Å². The summed E-state index contributed by atoms with van der Waals surface area (Å²) in [6, 6.07) is 5.68. The summed E-state index contributed by atoms with van der Waals surface area (Å²) in [4.78, 5) is 31.4. The highest BCUT2D eigenvalue weighted by Crippen LogP contribution is 2.23. The molecule has 1 fully saturated rings. The second-order valence-corrected chi connectivity index (χ2v) is 7.26. The molecule has 0 aliphatic carbocycles. The molecule has 2 aliphatic rings. The standard InChI is InChI=1S/C20H29N3O4/c1-21-10-11-23(19(24)14-26-2)18(13-21)20(25)22-8-6-15-4-5-17(27-3)12-16(15)7-9-22/h4-5,12,18H,6-11,13-14H2,1-3H3/t18-/m0/s1. The van der Waals surface area contributed by atoms with Gasteiger partial charge in [0.05, 0.1) is 7.11 Å². The minimum atomic E-state index is -0.442. The van der Waals surface area contributed by atoms with Gasteiger partial charge in [-0.25, -0.2) is 0 Å². The van der Waals surface area contributed by atoms with Crippen LogP contribution in [0.25, 0.3) is 0 Å². The number of carbonyl (C=O) groups excluding carboxylic acids is 2. The van der Waals surface area contributed by atoms with Crippen LogP contribution in [0.1, 0.15) is 11.1 Å². The Hall–Kier alpha value is -2.12. The lowest BCUT2D eigenvalue weighted by Gasteiger charge is -2.41. The normalized spacial score (nSPS) is 20.8. The van der Waals surface area contributed by atoms with E-state index in [1.54, 1.807) is 12.0 Å². The van der Waals surface area contributed by atoms with E-state index in [1.807, 2.05) is 18.0 Å². The summed E-state index contributed by atoms with van der Waals surface area (Å²) in [6.45, 7) is 3.23. The number of hydrogen-bond acceptors (Lipinski definition) is 5. The van der Waals surface area contributed by atoms with E-state index in [0.29, 0.717) is 26.2 Å². The maximum Gasteiger partial charge on any atom is 0.249 e. The number of carbonyl (C=O) groups is 2. The van der Waals surface area contributed by atoms with Crippen molar-refractivity contribution in [3.05, 3.63) is 29.3 Å². The summed E-state index contributed by atoms with van der Waals surface area (Å²) in [5.74, 6) is 0.760. The molecule has 27 heavy (non-hydrogen) atoms. The molecule has 0 bridgehead atoms. The summed E-state index contributed by atoms with van der Waals surface area (Å²) in [7, 11) is 5.16. The van der Waals surface area contributed by atoms with Gasteiger partial charge in [0.25, 0.3) is 0 Å². The number of likely N-dealkylation sites (N-methyl/N-ethyl adjacent to an activating group) is 1. The van der Waals surface area contributed by atoms with Gasteiger partial charge >= 0.3 is 0 Å². The van der Waals surface area contributed by atoms with Crippen molar-refractivity contribution in [3.8, 4) is 5.75 Å². The molecule has 2 amide bonds. The Labute approximate surface area is 160 Å². The van der Waals surface area contributed by atoms with Gasteiger partial charge in [-0.05, 0) is 43.1 Å². The van der Waals surface area contributed by atoms with Crippen molar-refractivity contribution in [1.82, 2.24) is 14.7 Å². The minimum absolute atomic E-state index is 0.0126. The van der Waals surface area contributed by atoms with Gasteiger partial charge in [-0.3, -0.25) is 9.59 Å². The maximum absolute atomic E-state index is 13.3. The van der Waals surface area contributed by atoms with E-state index in [-0.39, 0.29) is 18.4 Å². The summed E-state index contributed by atoms with van der Waals surface area (Å²) in [5, 5.41) is 0. The van der Waals surface area contributed by atoms with Crippen molar-refractivity contribution >= 4 is 11.8 Å². The molecular weight excluding hydrogens is 346 g/mol. The zero-order valence-electron chi connectivity index (χ0n) is 16.4. The zero-order chi connectivity index (χ0) is 19.4. The molecule has 0 unspecified atom stereocenters. The number of fused-ring (bicyclic) bond motifs is 1. The molecule has 7 nitrogen and oxygen atoms in total. The Morgan fingerprint density at radius 2 is 1.81 bits per heavy atom. The number of amides is 2. The molecular formula is C20H29N3O4. The first-order chi connectivity index (χ1) is 13.0. The molecule has 2 heterocycles. The first-order valence-electron chi connectivity index (χ1n) is 9.45. The summed E-state index contributed by atoms with van der Waals surface area (Å²) < 4.78 is 10.3. The lowest BCUT2D eigenvalue weighted by molar-refractivity contribution is -0.151. The number of hydrogen-bond donors (Lipinski definition) is 0. The van der Waals surface area contributed by atoms with Gasteiger partial charge in [0.2, 0.25) is 11.8 Å². The highest BCUT2D eigenvalue weighted by Gasteiger charge is 2.36. The van der Waals surface area contributed by atoms with Crippen LogP contribution < -0.4 is 4.74 Å². The fourth-order valence-corrected chi connectivity index (χ4v) is 3.90. The number of rotatable bonds is 4. The molecule has 1 atom stereocenters. The van der Waals surface area contributed by atoms with Gasteiger partial charge in [-0.15, -0.1) is 0 Å². The van der Waals surface area contributed by atoms with Crippen LogP contribution in [0.4, 0.5) is 0 Å². The average molecular weight is 375 g/mol. The monoisotopic (exact) mass is 375 g/mol. The summed E-state index contributed by atoms with van der Waals surface area (Å²) in [5.41, 5.74) is 2.50. The van der Waals surface area contributed by atoms with E-state index >= 15 is 0 Å². The van der Waals surface area contributed by atoms with Crippen molar-refractivity contribution in [3.63, 3.8) is 0 Å². The lowest BCUT2D eigenvalue weighted by Crippen LogP contribution is -2.61. The number of nitrogens with zero attached hydrogens (tertiary/aromatic N) is 3. The fourth-order valence-electron chi connectivity index (χ4n) is 3.90. The van der Waals surface area contributed by atoms with Gasteiger partial charge < -0.3 is 24.2 Å². The van der Waals surface area contributed by atoms with Gasteiger partial charge in [0.15, 0.2) is 0 Å². The third-order valence-electron chi connectivity index (χ3n) is 5.48. The predicted molar refractivity (Wildman–Crippen MR) is 102 cm³/mol. The van der Waals surface area contributed by atoms with E-state index < -0.39 is 6.04 Å². The molecule has 0 spiro atoms. The Kier molecular flexibility index (Phi) is 6.34. The number of piperazine rings is 1. The maximum atomic E-state index is 13.3. The lowest BCUT2D eigenvalue weighted by atomic mass is 10.0. The van der Waals surface area contributed by atoms with Crippen molar-refractivity contribution in [1.29, 1.82) is 0 Å². The topological polar surface area (TPSA) is 62.3 Å². The van der Waals surface area contributed by atoms with Crippen molar-refractivity contribution < 1.29 is 19.1 Å². The third kappa shape index (κ3) is 4.42. The van der Waals surface area contributed by atoms with Crippen LogP contribution in [0, 0.1) is 0 Å².